The lowest BCUT2D eigenvalue weighted by atomic mass is 9.63. The zero-order valence-electron chi connectivity index (χ0n) is 18.5. The number of fused-ring (bicyclic) bond motifs is 3. The molecule has 2 N–H and O–H groups in total. The lowest BCUT2D eigenvalue weighted by molar-refractivity contribution is 0.0810. The van der Waals surface area contributed by atoms with Gasteiger partial charge >= 0.3 is 0 Å². The maximum Gasteiger partial charge on any atom is 0.255 e. The Morgan fingerprint density at radius 3 is 2.32 bits per heavy atom. The van der Waals surface area contributed by atoms with E-state index >= 15 is 0 Å². The molecule has 2 atom stereocenters. The predicted octanol–water partition coefficient (Wildman–Crippen LogP) is 5.05. The Morgan fingerprint density at radius 1 is 1.00 bits per heavy atom. The summed E-state index contributed by atoms with van der Waals surface area (Å²) in [6.07, 6.45) is 6.20. The van der Waals surface area contributed by atoms with Gasteiger partial charge in [-0.15, -0.1) is 0 Å². The third-order valence-electron chi connectivity index (χ3n) is 7.20. The summed E-state index contributed by atoms with van der Waals surface area (Å²) in [4.78, 5) is 12.8. The molecule has 3 aliphatic rings. The minimum absolute atomic E-state index is 0.0714. The van der Waals surface area contributed by atoms with Crippen molar-refractivity contribution < 1.29 is 13.2 Å². The zero-order valence-corrected chi connectivity index (χ0v) is 19.3. The van der Waals surface area contributed by atoms with Gasteiger partial charge in [0.1, 0.15) is 0 Å². The number of nitrogens with one attached hydrogen (secondary N) is 2. The quantitative estimate of drug-likeness (QED) is 0.660. The van der Waals surface area contributed by atoms with Gasteiger partial charge in [0.15, 0.2) is 0 Å². The van der Waals surface area contributed by atoms with Crippen molar-refractivity contribution in [3.63, 3.8) is 0 Å². The second-order valence-corrected chi connectivity index (χ2v) is 11.0. The Balaban J connectivity index is 1.46. The van der Waals surface area contributed by atoms with Crippen LogP contribution in [0.5, 0.6) is 0 Å². The molecule has 2 unspecified atom stereocenters. The fourth-order valence-electron chi connectivity index (χ4n) is 5.49. The molecule has 2 aromatic carbocycles. The van der Waals surface area contributed by atoms with Crippen LogP contribution < -0.4 is 10.0 Å². The number of sulfonamides is 1. The van der Waals surface area contributed by atoms with Crippen LogP contribution in [0.4, 0.5) is 5.69 Å². The molecular formula is C25H32N2O3S. The molecule has 2 aromatic rings. The van der Waals surface area contributed by atoms with Crippen molar-refractivity contribution in [3.8, 4) is 0 Å². The molecule has 0 heterocycles. The highest BCUT2D eigenvalue weighted by Crippen LogP contribution is 2.46. The number of anilines is 1. The molecule has 5 nitrogen and oxygen atoms in total. The van der Waals surface area contributed by atoms with E-state index in [1.54, 1.807) is 31.2 Å². The van der Waals surface area contributed by atoms with Crippen LogP contribution in [-0.2, 0) is 10.0 Å². The fourth-order valence-corrected chi connectivity index (χ4v) is 7.01. The normalized spacial score (nSPS) is 24.0. The Hall–Kier alpha value is -2.18. The highest BCUT2D eigenvalue weighted by molar-refractivity contribution is 7.89. The molecule has 166 valence electrons. The van der Waals surface area contributed by atoms with Gasteiger partial charge in [0, 0.05) is 17.3 Å². The van der Waals surface area contributed by atoms with Crippen LogP contribution in [0.3, 0.4) is 0 Å². The molecule has 0 aromatic heterocycles. The Labute approximate surface area is 185 Å². The summed E-state index contributed by atoms with van der Waals surface area (Å²) in [5.41, 5.74) is 2.70. The Bertz CT molecular complexity index is 1070. The van der Waals surface area contributed by atoms with Crippen molar-refractivity contribution in [2.45, 2.75) is 63.8 Å². The molecule has 0 spiro atoms. The van der Waals surface area contributed by atoms with Gasteiger partial charge in [0.05, 0.1) is 4.90 Å². The molecule has 0 radical (unpaired) electrons. The SMILES string of the molecule is Cc1ccccc1C(=O)Nc1ccc(S(=O)(=O)NC(C)C2CC3CCC2CC3)c(C)c1. The number of amides is 1. The summed E-state index contributed by atoms with van der Waals surface area (Å²) >= 11 is 0. The molecule has 6 heteroatoms. The topological polar surface area (TPSA) is 75.3 Å². The van der Waals surface area contributed by atoms with Crippen molar-refractivity contribution in [2.75, 3.05) is 5.32 Å². The van der Waals surface area contributed by atoms with Crippen molar-refractivity contribution in [2.24, 2.45) is 17.8 Å². The van der Waals surface area contributed by atoms with Gasteiger partial charge in [-0.25, -0.2) is 13.1 Å². The highest BCUT2D eigenvalue weighted by atomic mass is 32.2. The average Bonchev–Trinajstić information content (AvgIpc) is 2.74. The van der Waals surface area contributed by atoms with E-state index in [1.807, 2.05) is 32.0 Å². The first kappa shape index (κ1) is 22.0. The maximum atomic E-state index is 13.1. The first-order chi connectivity index (χ1) is 14.7. The van der Waals surface area contributed by atoms with Crippen LogP contribution in [0.2, 0.25) is 0 Å². The molecule has 3 fully saturated rings. The molecule has 31 heavy (non-hydrogen) atoms. The highest BCUT2D eigenvalue weighted by Gasteiger charge is 2.39. The van der Waals surface area contributed by atoms with Crippen LogP contribution >= 0.6 is 0 Å². The smallest absolute Gasteiger partial charge is 0.255 e. The van der Waals surface area contributed by atoms with Crippen molar-refractivity contribution >= 4 is 21.6 Å². The number of carbonyl (C=O) groups excluding carboxylic acids is 1. The summed E-state index contributed by atoms with van der Waals surface area (Å²) in [6.45, 7) is 5.67. The van der Waals surface area contributed by atoms with E-state index in [0.29, 0.717) is 28.7 Å². The molecule has 0 aliphatic heterocycles. The van der Waals surface area contributed by atoms with Crippen LogP contribution in [-0.4, -0.2) is 20.4 Å². The standard InChI is InChI=1S/C25H32N2O3S/c1-16-6-4-5-7-22(16)25(28)26-21-12-13-24(17(2)14-21)31(29,30)27-18(3)23-15-19-8-10-20(23)11-9-19/h4-7,12-14,18-20,23,27H,8-11,15H2,1-3H3,(H,26,28). The minimum atomic E-state index is -3.62. The second kappa shape index (κ2) is 8.75. The molecule has 1 amide bonds. The van der Waals surface area contributed by atoms with Crippen molar-refractivity contribution in [1.29, 1.82) is 0 Å². The van der Waals surface area contributed by atoms with Gasteiger partial charge in [-0.05, 0) is 93.2 Å². The Morgan fingerprint density at radius 2 is 1.71 bits per heavy atom. The summed E-state index contributed by atoms with van der Waals surface area (Å²) in [5.74, 6) is 1.63. The number of rotatable bonds is 6. The number of benzene rings is 2. The van der Waals surface area contributed by atoms with E-state index in [0.717, 1.165) is 17.9 Å². The third kappa shape index (κ3) is 4.70. The lowest BCUT2D eigenvalue weighted by Crippen LogP contribution is -2.45. The largest absolute Gasteiger partial charge is 0.322 e. The van der Waals surface area contributed by atoms with Crippen LogP contribution in [0, 0.1) is 31.6 Å². The second-order valence-electron chi connectivity index (χ2n) is 9.34. The molecule has 0 saturated heterocycles. The number of carbonyl (C=O) groups is 1. The van der Waals surface area contributed by atoms with Gasteiger partial charge < -0.3 is 5.32 Å². The average molecular weight is 441 g/mol. The first-order valence-electron chi connectivity index (χ1n) is 11.2. The van der Waals surface area contributed by atoms with Crippen LogP contribution in [0.25, 0.3) is 0 Å². The zero-order chi connectivity index (χ0) is 22.2. The maximum absolute atomic E-state index is 13.1. The predicted molar refractivity (Wildman–Crippen MR) is 124 cm³/mol. The number of hydrogen-bond acceptors (Lipinski definition) is 3. The van der Waals surface area contributed by atoms with Gasteiger partial charge in [0.2, 0.25) is 10.0 Å². The van der Waals surface area contributed by atoms with E-state index in [-0.39, 0.29) is 16.8 Å². The van der Waals surface area contributed by atoms with Gasteiger partial charge in [-0.1, -0.05) is 31.0 Å². The van der Waals surface area contributed by atoms with E-state index in [9.17, 15) is 13.2 Å². The summed E-state index contributed by atoms with van der Waals surface area (Å²) < 4.78 is 29.2. The van der Waals surface area contributed by atoms with Gasteiger partial charge in [0.25, 0.3) is 5.91 Å². The van der Waals surface area contributed by atoms with Gasteiger partial charge in [-0.3, -0.25) is 4.79 Å². The number of hydrogen-bond donors (Lipinski definition) is 2. The molecule has 3 saturated carbocycles. The number of aryl methyl sites for hydroxylation is 2. The molecule has 2 bridgehead atoms. The van der Waals surface area contributed by atoms with E-state index < -0.39 is 10.0 Å². The van der Waals surface area contributed by atoms with Crippen LogP contribution in [0.15, 0.2) is 47.4 Å². The molecule has 3 aliphatic carbocycles. The summed E-state index contributed by atoms with van der Waals surface area (Å²) in [6, 6.07) is 12.3. The van der Waals surface area contributed by atoms with Crippen molar-refractivity contribution in [3.05, 3.63) is 59.2 Å². The minimum Gasteiger partial charge on any atom is -0.322 e. The lowest BCUT2D eigenvalue weighted by Gasteiger charge is -2.45. The first-order valence-corrected chi connectivity index (χ1v) is 12.7. The van der Waals surface area contributed by atoms with E-state index in [2.05, 4.69) is 10.0 Å². The van der Waals surface area contributed by atoms with Crippen LogP contribution in [0.1, 0.15) is 60.5 Å². The summed E-state index contributed by atoms with van der Waals surface area (Å²) in [5, 5.41) is 2.88. The fraction of sp³-hybridized carbons (Fsp3) is 0.480. The molecular weight excluding hydrogens is 408 g/mol. The molecule has 5 rings (SSSR count). The monoisotopic (exact) mass is 440 g/mol. The Kier molecular flexibility index (Phi) is 6.22. The summed E-state index contributed by atoms with van der Waals surface area (Å²) in [7, 11) is -3.62. The van der Waals surface area contributed by atoms with E-state index in [1.165, 1.54) is 25.7 Å². The van der Waals surface area contributed by atoms with Gasteiger partial charge in [-0.2, -0.15) is 0 Å². The third-order valence-corrected chi connectivity index (χ3v) is 8.92. The van der Waals surface area contributed by atoms with Crippen molar-refractivity contribution in [1.82, 2.24) is 4.72 Å². The van der Waals surface area contributed by atoms with E-state index in [4.69, 9.17) is 0 Å².